The molecular formula is C15H17N3O3. The number of carboxylic acid groups (broad SMARTS) is 1. The fraction of sp³-hybridized carbons (Fsp3) is 0.267. The van der Waals surface area contributed by atoms with Gasteiger partial charge in [0.05, 0.1) is 11.7 Å². The molecule has 1 aromatic heterocycles. The monoisotopic (exact) mass is 287 g/mol. The number of aromatic nitrogens is 2. The number of aromatic carboxylic acids is 1. The van der Waals surface area contributed by atoms with E-state index in [4.69, 9.17) is 9.84 Å². The Morgan fingerprint density at radius 3 is 2.86 bits per heavy atom. The molecule has 0 fully saturated rings. The summed E-state index contributed by atoms with van der Waals surface area (Å²) in [6, 6.07) is 8.47. The smallest absolute Gasteiger partial charge is 0.335 e. The Bertz CT molecular complexity index is 629. The summed E-state index contributed by atoms with van der Waals surface area (Å²) in [5.74, 6) is 0.190. The largest absolute Gasteiger partial charge is 0.478 e. The number of rotatable bonds is 6. The second kappa shape index (κ2) is 6.69. The van der Waals surface area contributed by atoms with E-state index in [9.17, 15) is 4.79 Å². The SMILES string of the molecule is CC(C)Oc1cc(NCc2cccc(C(=O)O)c2)ncn1. The van der Waals surface area contributed by atoms with Crippen LogP contribution in [-0.4, -0.2) is 27.1 Å². The minimum absolute atomic E-state index is 0.0417. The van der Waals surface area contributed by atoms with Gasteiger partial charge in [0.1, 0.15) is 12.1 Å². The topological polar surface area (TPSA) is 84.3 Å². The third-order valence-electron chi connectivity index (χ3n) is 2.65. The van der Waals surface area contributed by atoms with Crippen LogP contribution in [0, 0.1) is 0 Å². The lowest BCUT2D eigenvalue weighted by molar-refractivity contribution is 0.0696. The molecule has 2 aromatic rings. The number of nitrogens with one attached hydrogen (secondary N) is 1. The van der Waals surface area contributed by atoms with Crippen molar-refractivity contribution in [1.29, 1.82) is 0 Å². The van der Waals surface area contributed by atoms with Crippen molar-refractivity contribution < 1.29 is 14.6 Å². The number of hydrogen-bond acceptors (Lipinski definition) is 5. The van der Waals surface area contributed by atoms with E-state index in [1.807, 2.05) is 19.9 Å². The van der Waals surface area contributed by atoms with Crippen LogP contribution in [0.25, 0.3) is 0 Å². The molecule has 0 radical (unpaired) electrons. The van der Waals surface area contributed by atoms with E-state index in [1.54, 1.807) is 24.3 Å². The molecule has 1 aromatic carbocycles. The van der Waals surface area contributed by atoms with Crippen LogP contribution in [0.4, 0.5) is 5.82 Å². The predicted molar refractivity (Wildman–Crippen MR) is 78.5 cm³/mol. The third-order valence-corrected chi connectivity index (χ3v) is 2.65. The summed E-state index contributed by atoms with van der Waals surface area (Å²) in [7, 11) is 0. The van der Waals surface area contributed by atoms with Crippen LogP contribution < -0.4 is 10.1 Å². The fourth-order valence-electron chi connectivity index (χ4n) is 1.75. The number of carboxylic acids is 1. The van der Waals surface area contributed by atoms with Crippen molar-refractivity contribution in [2.24, 2.45) is 0 Å². The fourth-order valence-corrected chi connectivity index (χ4v) is 1.75. The number of nitrogens with zero attached hydrogens (tertiary/aromatic N) is 2. The van der Waals surface area contributed by atoms with Gasteiger partial charge in [-0.15, -0.1) is 0 Å². The molecule has 0 atom stereocenters. The maximum Gasteiger partial charge on any atom is 0.335 e. The Kier molecular flexibility index (Phi) is 4.71. The summed E-state index contributed by atoms with van der Waals surface area (Å²) < 4.78 is 5.49. The zero-order chi connectivity index (χ0) is 15.2. The number of ether oxygens (including phenoxy) is 1. The maximum absolute atomic E-state index is 10.9. The van der Waals surface area contributed by atoms with Gasteiger partial charge < -0.3 is 15.2 Å². The lowest BCUT2D eigenvalue weighted by Crippen LogP contribution is -2.08. The van der Waals surface area contributed by atoms with E-state index >= 15 is 0 Å². The Morgan fingerprint density at radius 1 is 1.33 bits per heavy atom. The highest BCUT2D eigenvalue weighted by Gasteiger charge is 2.05. The molecule has 6 nitrogen and oxygen atoms in total. The van der Waals surface area contributed by atoms with Gasteiger partial charge >= 0.3 is 5.97 Å². The van der Waals surface area contributed by atoms with Crippen molar-refractivity contribution in [1.82, 2.24) is 9.97 Å². The highest BCUT2D eigenvalue weighted by atomic mass is 16.5. The maximum atomic E-state index is 10.9. The highest BCUT2D eigenvalue weighted by molar-refractivity contribution is 5.87. The zero-order valence-corrected chi connectivity index (χ0v) is 11.9. The van der Waals surface area contributed by atoms with Crippen LogP contribution in [0.5, 0.6) is 5.88 Å². The number of carbonyl (C=O) groups is 1. The molecule has 0 aliphatic carbocycles. The van der Waals surface area contributed by atoms with Crippen molar-refractivity contribution in [2.45, 2.75) is 26.5 Å². The summed E-state index contributed by atoms with van der Waals surface area (Å²) in [5, 5.41) is 12.1. The Hall–Kier alpha value is -2.63. The lowest BCUT2D eigenvalue weighted by Gasteiger charge is -2.10. The number of hydrogen-bond donors (Lipinski definition) is 2. The Balaban J connectivity index is 2.02. The van der Waals surface area contributed by atoms with Crippen molar-refractivity contribution >= 4 is 11.8 Å². The average molecular weight is 287 g/mol. The minimum Gasteiger partial charge on any atom is -0.478 e. The average Bonchev–Trinajstić information content (AvgIpc) is 2.45. The first kappa shape index (κ1) is 14.8. The van der Waals surface area contributed by atoms with E-state index in [0.29, 0.717) is 18.2 Å². The van der Waals surface area contributed by atoms with Crippen LogP contribution in [-0.2, 0) is 6.54 Å². The summed E-state index contributed by atoms with van der Waals surface area (Å²) in [5.41, 5.74) is 1.13. The molecule has 1 heterocycles. The summed E-state index contributed by atoms with van der Waals surface area (Å²) in [6.07, 6.45) is 1.47. The molecule has 0 spiro atoms. The summed E-state index contributed by atoms with van der Waals surface area (Å²) >= 11 is 0. The van der Waals surface area contributed by atoms with Crippen molar-refractivity contribution in [3.63, 3.8) is 0 Å². The van der Waals surface area contributed by atoms with E-state index in [-0.39, 0.29) is 11.7 Å². The van der Waals surface area contributed by atoms with Crippen molar-refractivity contribution in [3.8, 4) is 5.88 Å². The zero-order valence-electron chi connectivity index (χ0n) is 11.9. The van der Waals surface area contributed by atoms with Gasteiger partial charge in [0.15, 0.2) is 0 Å². The van der Waals surface area contributed by atoms with Crippen LogP contribution in [0.2, 0.25) is 0 Å². The summed E-state index contributed by atoms with van der Waals surface area (Å²) in [6.45, 7) is 4.32. The quantitative estimate of drug-likeness (QED) is 0.849. The van der Waals surface area contributed by atoms with Crippen LogP contribution in [0.3, 0.4) is 0 Å². The van der Waals surface area contributed by atoms with Gasteiger partial charge in [-0.05, 0) is 31.5 Å². The van der Waals surface area contributed by atoms with Crippen LogP contribution >= 0.6 is 0 Å². The van der Waals surface area contributed by atoms with Gasteiger partial charge in [0.25, 0.3) is 0 Å². The number of anilines is 1. The van der Waals surface area contributed by atoms with Gasteiger partial charge in [-0.25, -0.2) is 14.8 Å². The normalized spacial score (nSPS) is 10.4. The molecule has 0 bridgehead atoms. The highest BCUT2D eigenvalue weighted by Crippen LogP contribution is 2.14. The van der Waals surface area contributed by atoms with Crippen molar-refractivity contribution in [3.05, 3.63) is 47.8 Å². The molecule has 6 heteroatoms. The first-order valence-electron chi connectivity index (χ1n) is 6.59. The standard InChI is InChI=1S/C15H17N3O3/c1-10(2)21-14-7-13(17-9-18-14)16-8-11-4-3-5-12(6-11)15(19)20/h3-7,9-10H,8H2,1-2H3,(H,19,20)(H,16,17,18). The van der Waals surface area contributed by atoms with Crippen molar-refractivity contribution in [2.75, 3.05) is 5.32 Å². The Labute approximate surface area is 122 Å². The molecule has 110 valence electrons. The molecule has 0 aliphatic heterocycles. The molecule has 0 aliphatic rings. The van der Waals surface area contributed by atoms with E-state index in [2.05, 4.69) is 15.3 Å². The van der Waals surface area contributed by atoms with Gasteiger partial charge in [0.2, 0.25) is 5.88 Å². The molecule has 0 amide bonds. The van der Waals surface area contributed by atoms with Gasteiger partial charge in [0, 0.05) is 12.6 Å². The van der Waals surface area contributed by atoms with Gasteiger partial charge in [-0.2, -0.15) is 0 Å². The first-order chi connectivity index (χ1) is 10.0. The van der Waals surface area contributed by atoms with E-state index in [0.717, 1.165) is 5.56 Å². The van der Waals surface area contributed by atoms with E-state index in [1.165, 1.54) is 6.33 Å². The lowest BCUT2D eigenvalue weighted by atomic mass is 10.1. The first-order valence-corrected chi connectivity index (χ1v) is 6.59. The third kappa shape index (κ3) is 4.45. The molecule has 21 heavy (non-hydrogen) atoms. The van der Waals surface area contributed by atoms with Gasteiger partial charge in [-0.1, -0.05) is 12.1 Å². The molecule has 2 rings (SSSR count). The molecule has 2 N–H and O–H groups in total. The summed E-state index contributed by atoms with van der Waals surface area (Å²) in [4.78, 5) is 19.0. The second-order valence-corrected chi connectivity index (χ2v) is 4.77. The second-order valence-electron chi connectivity index (χ2n) is 4.77. The number of benzene rings is 1. The minimum atomic E-state index is -0.938. The molecule has 0 saturated carbocycles. The van der Waals surface area contributed by atoms with Crippen LogP contribution in [0.15, 0.2) is 36.7 Å². The molecule has 0 saturated heterocycles. The van der Waals surface area contributed by atoms with Gasteiger partial charge in [-0.3, -0.25) is 0 Å². The molecular weight excluding hydrogens is 270 g/mol. The van der Waals surface area contributed by atoms with Crippen LogP contribution in [0.1, 0.15) is 29.8 Å². The predicted octanol–water partition coefficient (Wildman–Crippen LogP) is 2.57. The Morgan fingerprint density at radius 2 is 2.14 bits per heavy atom. The molecule has 0 unspecified atom stereocenters. The van der Waals surface area contributed by atoms with E-state index < -0.39 is 5.97 Å².